The summed E-state index contributed by atoms with van der Waals surface area (Å²) in [6, 6.07) is 4.18. The minimum atomic E-state index is -1.32. The molecule has 0 heterocycles. The molecule has 0 fully saturated rings. The average molecular weight is 258 g/mol. The normalized spacial score (nSPS) is 11.1. The second kappa shape index (κ2) is 5.42. The van der Waals surface area contributed by atoms with E-state index in [9.17, 15) is 9.18 Å². The van der Waals surface area contributed by atoms with Gasteiger partial charge in [0.15, 0.2) is 11.5 Å². The van der Waals surface area contributed by atoms with Crippen LogP contribution in [0.25, 0.3) is 0 Å². The van der Waals surface area contributed by atoms with Gasteiger partial charge < -0.3 is 5.11 Å². The zero-order chi connectivity index (χ0) is 13.0. The van der Waals surface area contributed by atoms with Crippen molar-refractivity contribution in [3.8, 4) is 0 Å². The van der Waals surface area contributed by atoms with E-state index in [2.05, 4.69) is 11.7 Å². The van der Waals surface area contributed by atoms with E-state index in [1.165, 1.54) is 18.2 Å². The smallest absolute Gasteiger partial charge is 0.356 e. The first-order valence-corrected chi connectivity index (χ1v) is 4.75. The predicted octanol–water partition coefficient (Wildman–Crippen LogP) is 1.79. The van der Waals surface area contributed by atoms with Crippen molar-refractivity contribution in [3.63, 3.8) is 0 Å². The number of aliphatic imine (C=N–C) groups is 1. The van der Waals surface area contributed by atoms with Gasteiger partial charge in [-0.05, 0) is 18.9 Å². The van der Waals surface area contributed by atoms with Gasteiger partial charge in [0.2, 0.25) is 0 Å². The monoisotopic (exact) mass is 257 g/mol. The van der Waals surface area contributed by atoms with E-state index >= 15 is 0 Å². The fourth-order valence-electron chi connectivity index (χ4n) is 1.06. The summed E-state index contributed by atoms with van der Waals surface area (Å²) < 4.78 is 13.5. The van der Waals surface area contributed by atoms with Crippen LogP contribution in [0.2, 0.25) is 5.02 Å². The fraction of sp³-hybridized carbons (Fsp3) is 0. The molecule has 0 spiro atoms. The van der Waals surface area contributed by atoms with E-state index in [1.807, 2.05) is 0 Å². The Balaban J connectivity index is 3.13. The van der Waals surface area contributed by atoms with Crippen LogP contribution in [-0.2, 0) is 4.79 Å². The topological polar surface area (TPSA) is 78.9 Å². The van der Waals surface area contributed by atoms with E-state index in [1.54, 1.807) is 0 Å². The van der Waals surface area contributed by atoms with Gasteiger partial charge in [0.25, 0.3) is 0 Å². The molecule has 5 nitrogen and oxygen atoms in total. The van der Waals surface area contributed by atoms with E-state index in [0.717, 1.165) is 11.2 Å². The Morgan fingerprint density at radius 2 is 2.29 bits per heavy atom. The maximum atomic E-state index is 13.5. The average Bonchev–Trinajstić information content (AvgIpc) is 2.28. The Morgan fingerprint density at radius 1 is 1.65 bits per heavy atom. The maximum absolute atomic E-state index is 13.5. The van der Waals surface area contributed by atoms with Crippen LogP contribution >= 0.6 is 11.6 Å². The number of rotatable bonds is 4. The number of halogens is 2. The quantitative estimate of drug-likeness (QED) is 0.373. The highest BCUT2D eigenvalue weighted by atomic mass is 35.5. The molecule has 1 aromatic rings. The number of anilines is 1. The zero-order valence-electron chi connectivity index (χ0n) is 8.60. The molecule has 3 N–H and O–H groups in total. The first-order chi connectivity index (χ1) is 7.97. The van der Waals surface area contributed by atoms with Crippen molar-refractivity contribution in [2.75, 3.05) is 5.01 Å². The van der Waals surface area contributed by atoms with Crippen LogP contribution in [0.15, 0.2) is 35.1 Å². The number of carbonyl (C=O) groups is 1. The number of hydrogen-bond donors (Lipinski definition) is 2. The Labute approximate surface area is 102 Å². The van der Waals surface area contributed by atoms with E-state index in [-0.39, 0.29) is 10.7 Å². The van der Waals surface area contributed by atoms with Crippen molar-refractivity contribution in [3.05, 3.63) is 40.9 Å². The highest BCUT2D eigenvalue weighted by molar-refractivity contribution is 6.31. The van der Waals surface area contributed by atoms with Crippen molar-refractivity contribution in [2.24, 2.45) is 10.8 Å². The third kappa shape index (κ3) is 3.02. The van der Waals surface area contributed by atoms with Crippen LogP contribution in [0.1, 0.15) is 0 Å². The lowest BCUT2D eigenvalue weighted by Crippen LogP contribution is -2.26. The van der Waals surface area contributed by atoms with E-state index in [4.69, 9.17) is 22.6 Å². The Hall–Kier alpha value is -1.92. The predicted molar refractivity (Wildman–Crippen MR) is 63.3 cm³/mol. The molecular weight excluding hydrogens is 249 g/mol. The molecule has 0 amide bonds. The Morgan fingerprint density at radius 3 is 2.82 bits per heavy atom. The number of hydrazine groups is 1. The lowest BCUT2D eigenvalue weighted by molar-refractivity contribution is -0.132. The molecule has 0 aliphatic rings. The third-order valence-electron chi connectivity index (χ3n) is 1.86. The van der Waals surface area contributed by atoms with Crippen molar-refractivity contribution in [1.29, 1.82) is 0 Å². The van der Waals surface area contributed by atoms with Crippen LogP contribution < -0.4 is 10.9 Å². The van der Waals surface area contributed by atoms with Gasteiger partial charge in [0.1, 0.15) is 0 Å². The van der Waals surface area contributed by atoms with Crippen molar-refractivity contribution >= 4 is 30.0 Å². The molecule has 0 aliphatic carbocycles. The minimum Gasteiger partial charge on any atom is -0.476 e. The zero-order valence-corrected chi connectivity index (χ0v) is 9.36. The summed E-state index contributed by atoms with van der Waals surface area (Å²) in [6.45, 7) is 3.07. The molecule has 0 aromatic heterocycles. The number of nitrogens with zero attached hydrogens (tertiary/aromatic N) is 2. The lowest BCUT2D eigenvalue weighted by Gasteiger charge is -2.15. The van der Waals surface area contributed by atoms with Gasteiger partial charge in [-0.3, -0.25) is 10.0 Å². The number of aliphatic carboxylic acids is 1. The van der Waals surface area contributed by atoms with Crippen LogP contribution in [0, 0.1) is 5.82 Å². The third-order valence-corrected chi connectivity index (χ3v) is 2.15. The molecule has 0 unspecified atom stereocenters. The number of hydrogen-bond acceptors (Lipinski definition) is 4. The summed E-state index contributed by atoms with van der Waals surface area (Å²) in [5, 5.41) is 9.35. The number of benzene rings is 1. The van der Waals surface area contributed by atoms with Crippen LogP contribution in [0.5, 0.6) is 0 Å². The number of carboxylic acids is 1. The summed E-state index contributed by atoms with van der Waals surface area (Å²) in [7, 11) is 0. The highest BCUT2D eigenvalue weighted by Crippen LogP contribution is 2.24. The van der Waals surface area contributed by atoms with Crippen molar-refractivity contribution < 1.29 is 14.3 Å². The molecule has 0 saturated heterocycles. The van der Waals surface area contributed by atoms with Gasteiger partial charge in [-0.25, -0.2) is 15.0 Å². The van der Waals surface area contributed by atoms with Gasteiger partial charge >= 0.3 is 5.97 Å². The molecular formula is C10H9ClFN3O2. The molecule has 7 heteroatoms. The minimum absolute atomic E-state index is 0.0695. The Bertz CT molecular complexity index is 490. The molecule has 0 bridgehead atoms. The SMILES string of the molecule is C=N/C(=C\N(N)c1cccc(Cl)c1F)C(=O)O. The standard InChI is InChI=1S/C10H9ClFN3O2/c1-14-7(10(16)17)5-15(13)8-4-2-3-6(11)9(8)12/h2-5H,1,13H2,(H,16,17)/b7-5-. The highest BCUT2D eigenvalue weighted by Gasteiger charge is 2.12. The molecule has 90 valence electrons. The van der Waals surface area contributed by atoms with E-state index < -0.39 is 17.5 Å². The van der Waals surface area contributed by atoms with Crippen LogP contribution in [0.4, 0.5) is 10.1 Å². The van der Waals surface area contributed by atoms with Gasteiger partial charge in [-0.2, -0.15) is 0 Å². The molecule has 0 saturated carbocycles. The first-order valence-electron chi connectivity index (χ1n) is 4.37. The van der Waals surface area contributed by atoms with Gasteiger partial charge in [0, 0.05) is 0 Å². The molecule has 0 atom stereocenters. The van der Waals surface area contributed by atoms with Crippen molar-refractivity contribution in [1.82, 2.24) is 0 Å². The van der Waals surface area contributed by atoms with Gasteiger partial charge in [-0.15, -0.1) is 0 Å². The van der Waals surface area contributed by atoms with E-state index in [0.29, 0.717) is 0 Å². The van der Waals surface area contributed by atoms with Crippen LogP contribution in [0.3, 0.4) is 0 Å². The summed E-state index contributed by atoms with van der Waals surface area (Å²) >= 11 is 5.56. The summed E-state index contributed by atoms with van der Waals surface area (Å²) in [5.41, 5.74) is -0.480. The van der Waals surface area contributed by atoms with Crippen LogP contribution in [-0.4, -0.2) is 17.8 Å². The summed E-state index contributed by atoms with van der Waals surface area (Å²) in [4.78, 5) is 13.9. The maximum Gasteiger partial charge on any atom is 0.356 e. The molecule has 1 aromatic carbocycles. The second-order valence-corrected chi connectivity index (χ2v) is 3.37. The number of nitrogens with two attached hydrogens (primary N) is 1. The largest absolute Gasteiger partial charge is 0.476 e. The van der Waals surface area contributed by atoms with Crippen molar-refractivity contribution in [2.45, 2.75) is 0 Å². The first kappa shape index (κ1) is 13.1. The molecule has 17 heavy (non-hydrogen) atoms. The molecule has 0 radical (unpaired) electrons. The molecule has 1 rings (SSSR count). The molecule has 0 aliphatic heterocycles. The van der Waals surface area contributed by atoms with Gasteiger partial charge in [0.05, 0.1) is 16.9 Å². The number of carboxylic acid groups (broad SMARTS) is 1. The van der Waals surface area contributed by atoms with Gasteiger partial charge in [-0.1, -0.05) is 17.7 Å². The lowest BCUT2D eigenvalue weighted by atomic mass is 10.3. The fourth-order valence-corrected chi connectivity index (χ4v) is 1.23. The summed E-state index contributed by atoms with van der Waals surface area (Å²) in [6.07, 6.45) is 0.935. The second-order valence-electron chi connectivity index (χ2n) is 2.96. The Kier molecular flexibility index (Phi) is 4.19. The summed E-state index contributed by atoms with van der Waals surface area (Å²) in [5.74, 6) is 3.42.